The van der Waals surface area contributed by atoms with E-state index in [2.05, 4.69) is 79.7 Å². The van der Waals surface area contributed by atoms with Gasteiger partial charge in [-0.25, -0.2) is 0 Å². The minimum Gasteiger partial charge on any atom is -0.384 e. The third-order valence-electron chi connectivity index (χ3n) is 3.58. The molecule has 1 aliphatic heterocycles. The van der Waals surface area contributed by atoms with E-state index in [-0.39, 0.29) is 0 Å². The zero-order valence-corrected chi connectivity index (χ0v) is 14.4. The molecule has 2 nitrogen and oxygen atoms in total. The van der Waals surface area contributed by atoms with Gasteiger partial charge in [-0.05, 0) is 74.0 Å². The lowest BCUT2D eigenvalue weighted by Gasteiger charge is -2.14. The van der Waals surface area contributed by atoms with Crippen molar-refractivity contribution in [3.8, 4) is 0 Å². The Balaban J connectivity index is 1.83. The van der Waals surface area contributed by atoms with Crippen LogP contribution in [0, 0.1) is 6.92 Å². The number of para-hydroxylation sites is 1. The number of aryl methyl sites for hydroxylation is 1. The van der Waals surface area contributed by atoms with Crippen molar-refractivity contribution in [2.24, 2.45) is 0 Å². The lowest BCUT2D eigenvalue weighted by Crippen LogP contribution is -2.04. The van der Waals surface area contributed by atoms with Gasteiger partial charge in [0.15, 0.2) is 0 Å². The molecule has 1 heterocycles. The van der Waals surface area contributed by atoms with Crippen molar-refractivity contribution in [2.75, 3.05) is 17.2 Å². The lowest BCUT2D eigenvalue weighted by atomic mass is 10.1. The Morgan fingerprint density at radius 2 is 1.95 bits per heavy atom. The maximum Gasteiger partial charge on any atom is 0.0631 e. The van der Waals surface area contributed by atoms with Crippen LogP contribution in [0.15, 0.2) is 39.3 Å². The van der Waals surface area contributed by atoms with E-state index in [1.165, 1.54) is 22.4 Å². The zero-order valence-electron chi connectivity index (χ0n) is 11.3. The van der Waals surface area contributed by atoms with Gasteiger partial charge in [-0.1, -0.05) is 18.2 Å². The summed E-state index contributed by atoms with van der Waals surface area (Å²) in [5.41, 5.74) is 6.38. The number of benzene rings is 2. The highest BCUT2D eigenvalue weighted by molar-refractivity contribution is 9.11. The minimum atomic E-state index is 0.816. The standard InChI is InChI=1S/C16H16Br2N2/c1-10-7-13(17)16(14(18)8-10)20-9-12-4-2-3-11-5-6-19-15(11)12/h2-4,7-8,19-20H,5-6,9H2,1H3. The molecule has 0 bridgehead atoms. The van der Waals surface area contributed by atoms with Gasteiger partial charge >= 0.3 is 0 Å². The van der Waals surface area contributed by atoms with Crippen LogP contribution in [0.2, 0.25) is 0 Å². The summed E-state index contributed by atoms with van der Waals surface area (Å²) in [5, 5.41) is 7.00. The summed E-state index contributed by atoms with van der Waals surface area (Å²) in [6.45, 7) is 3.95. The fourth-order valence-electron chi connectivity index (χ4n) is 2.61. The van der Waals surface area contributed by atoms with Crippen LogP contribution in [0.25, 0.3) is 0 Å². The molecule has 0 fully saturated rings. The molecule has 104 valence electrons. The molecule has 0 aliphatic carbocycles. The highest BCUT2D eigenvalue weighted by Crippen LogP contribution is 2.34. The first-order valence-electron chi connectivity index (χ1n) is 6.69. The molecule has 2 aromatic carbocycles. The normalized spacial score (nSPS) is 12.9. The van der Waals surface area contributed by atoms with Gasteiger partial charge in [0.05, 0.1) is 5.69 Å². The third-order valence-corrected chi connectivity index (χ3v) is 4.83. The van der Waals surface area contributed by atoms with Crippen molar-refractivity contribution in [2.45, 2.75) is 19.9 Å². The van der Waals surface area contributed by atoms with Crippen LogP contribution in [0.1, 0.15) is 16.7 Å². The Kier molecular flexibility index (Phi) is 4.03. The Labute approximate surface area is 136 Å². The number of nitrogens with one attached hydrogen (secondary N) is 2. The molecule has 4 heteroatoms. The fraction of sp³-hybridized carbons (Fsp3) is 0.250. The summed E-state index contributed by atoms with van der Waals surface area (Å²) >= 11 is 7.25. The summed E-state index contributed by atoms with van der Waals surface area (Å²) in [4.78, 5) is 0. The monoisotopic (exact) mass is 394 g/mol. The highest BCUT2D eigenvalue weighted by atomic mass is 79.9. The number of anilines is 2. The molecule has 3 rings (SSSR count). The lowest BCUT2D eigenvalue weighted by molar-refractivity contribution is 1.11. The maximum atomic E-state index is 3.63. The van der Waals surface area contributed by atoms with Gasteiger partial charge in [0.2, 0.25) is 0 Å². The number of rotatable bonds is 3. The van der Waals surface area contributed by atoms with Crippen LogP contribution in [0.4, 0.5) is 11.4 Å². The summed E-state index contributed by atoms with van der Waals surface area (Å²) in [5.74, 6) is 0. The van der Waals surface area contributed by atoms with Crippen LogP contribution in [-0.2, 0) is 13.0 Å². The maximum absolute atomic E-state index is 3.63. The fourth-order valence-corrected chi connectivity index (χ4v) is 4.31. The van der Waals surface area contributed by atoms with E-state index in [0.717, 1.165) is 34.1 Å². The molecular weight excluding hydrogens is 380 g/mol. The Morgan fingerprint density at radius 1 is 1.20 bits per heavy atom. The van der Waals surface area contributed by atoms with Crippen LogP contribution in [0.3, 0.4) is 0 Å². The Morgan fingerprint density at radius 3 is 2.70 bits per heavy atom. The second-order valence-electron chi connectivity index (χ2n) is 5.09. The average Bonchev–Trinajstić information content (AvgIpc) is 2.86. The molecule has 0 radical (unpaired) electrons. The van der Waals surface area contributed by atoms with Gasteiger partial charge in [0, 0.05) is 27.7 Å². The van der Waals surface area contributed by atoms with Crippen molar-refractivity contribution in [1.29, 1.82) is 0 Å². The molecule has 0 saturated carbocycles. The van der Waals surface area contributed by atoms with Gasteiger partial charge in [-0.3, -0.25) is 0 Å². The summed E-state index contributed by atoms with van der Waals surface area (Å²) in [7, 11) is 0. The Bertz CT molecular complexity index is 630. The van der Waals surface area contributed by atoms with Gasteiger partial charge in [0.1, 0.15) is 0 Å². The van der Waals surface area contributed by atoms with E-state index in [0.29, 0.717) is 0 Å². The van der Waals surface area contributed by atoms with E-state index in [4.69, 9.17) is 0 Å². The summed E-state index contributed by atoms with van der Waals surface area (Å²) < 4.78 is 2.18. The van der Waals surface area contributed by atoms with Crippen molar-refractivity contribution in [3.05, 3.63) is 56.0 Å². The van der Waals surface area contributed by atoms with Gasteiger partial charge in [0.25, 0.3) is 0 Å². The molecule has 0 amide bonds. The minimum absolute atomic E-state index is 0.816. The van der Waals surface area contributed by atoms with Crippen molar-refractivity contribution >= 4 is 43.2 Å². The number of hydrogen-bond donors (Lipinski definition) is 2. The molecule has 0 saturated heterocycles. The molecular formula is C16H16Br2N2. The van der Waals surface area contributed by atoms with E-state index < -0.39 is 0 Å². The van der Waals surface area contributed by atoms with E-state index in [9.17, 15) is 0 Å². The van der Waals surface area contributed by atoms with Crippen LogP contribution in [-0.4, -0.2) is 6.54 Å². The van der Waals surface area contributed by atoms with Gasteiger partial charge in [-0.2, -0.15) is 0 Å². The van der Waals surface area contributed by atoms with E-state index >= 15 is 0 Å². The quantitative estimate of drug-likeness (QED) is 0.755. The summed E-state index contributed by atoms with van der Waals surface area (Å²) in [6, 6.07) is 10.8. The highest BCUT2D eigenvalue weighted by Gasteiger charge is 2.14. The first-order valence-corrected chi connectivity index (χ1v) is 8.28. The molecule has 20 heavy (non-hydrogen) atoms. The first kappa shape index (κ1) is 14.0. The van der Waals surface area contributed by atoms with E-state index in [1.54, 1.807) is 0 Å². The smallest absolute Gasteiger partial charge is 0.0631 e. The number of hydrogen-bond acceptors (Lipinski definition) is 2. The zero-order chi connectivity index (χ0) is 14.1. The number of halogens is 2. The topological polar surface area (TPSA) is 24.1 Å². The molecule has 0 spiro atoms. The molecule has 2 N–H and O–H groups in total. The molecule has 2 aromatic rings. The Hall–Kier alpha value is -1.00. The SMILES string of the molecule is Cc1cc(Br)c(NCc2cccc3c2NCC3)c(Br)c1. The van der Waals surface area contributed by atoms with Crippen LogP contribution >= 0.6 is 31.9 Å². The predicted octanol–water partition coefficient (Wildman–Crippen LogP) is 5.10. The average molecular weight is 396 g/mol. The van der Waals surface area contributed by atoms with Crippen molar-refractivity contribution < 1.29 is 0 Å². The number of fused-ring (bicyclic) bond motifs is 1. The van der Waals surface area contributed by atoms with Crippen molar-refractivity contribution in [3.63, 3.8) is 0 Å². The first-order chi connectivity index (χ1) is 9.65. The molecule has 0 atom stereocenters. The second kappa shape index (κ2) is 5.78. The van der Waals surface area contributed by atoms with Crippen molar-refractivity contribution in [1.82, 2.24) is 0 Å². The van der Waals surface area contributed by atoms with Gasteiger partial charge in [-0.15, -0.1) is 0 Å². The van der Waals surface area contributed by atoms with E-state index in [1.807, 2.05) is 0 Å². The molecule has 1 aliphatic rings. The third kappa shape index (κ3) is 2.72. The second-order valence-corrected chi connectivity index (χ2v) is 6.79. The predicted molar refractivity (Wildman–Crippen MR) is 92.5 cm³/mol. The van der Waals surface area contributed by atoms with Crippen LogP contribution in [0.5, 0.6) is 0 Å². The van der Waals surface area contributed by atoms with Crippen LogP contribution < -0.4 is 10.6 Å². The van der Waals surface area contributed by atoms with Gasteiger partial charge < -0.3 is 10.6 Å². The molecule has 0 unspecified atom stereocenters. The molecule has 0 aromatic heterocycles. The largest absolute Gasteiger partial charge is 0.384 e. The summed E-state index contributed by atoms with van der Waals surface area (Å²) in [6.07, 6.45) is 1.13.